The van der Waals surface area contributed by atoms with Gasteiger partial charge in [-0.25, -0.2) is 4.98 Å². The third-order valence-corrected chi connectivity index (χ3v) is 4.01. The van der Waals surface area contributed by atoms with Crippen molar-refractivity contribution in [2.24, 2.45) is 0 Å². The zero-order chi connectivity index (χ0) is 16.0. The second kappa shape index (κ2) is 5.26. The smallest absolute Gasteiger partial charge is 0.310 e. The van der Waals surface area contributed by atoms with E-state index in [9.17, 15) is 9.59 Å². The Hall–Kier alpha value is -2.11. The highest BCUT2D eigenvalue weighted by Crippen LogP contribution is 2.23. The topological polar surface area (TPSA) is 71.7 Å². The first kappa shape index (κ1) is 14.8. The van der Waals surface area contributed by atoms with Crippen LogP contribution in [-0.4, -0.2) is 20.5 Å². The summed E-state index contributed by atoms with van der Waals surface area (Å²) in [6.45, 7) is 1.56. The van der Waals surface area contributed by atoms with E-state index in [0.29, 0.717) is 27.1 Å². The van der Waals surface area contributed by atoms with Crippen LogP contribution in [0.4, 0.5) is 0 Å². The molecule has 0 amide bonds. The highest BCUT2D eigenvalue weighted by molar-refractivity contribution is 6.36. The molecule has 0 aliphatic carbocycles. The summed E-state index contributed by atoms with van der Waals surface area (Å²) < 4.78 is 1.27. The summed E-state index contributed by atoms with van der Waals surface area (Å²) in [6, 6.07) is 6.33. The molecule has 0 radical (unpaired) electrons. The van der Waals surface area contributed by atoms with Gasteiger partial charge in [-0.15, -0.1) is 0 Å². The monoisotopic (exact) mass is 336 g/mol. The van der Waals surface area contributed by atoms with Crippen LogP contribution in [0.25, 0.3) is 16.6 Å². The van der Waals surface area contributed by atoms with Crippen molar-refractivity contribution in [3.8, 4) is 0 Å². The molecule has 2 heterocycles. The Morgan fingerprint density at radius 2 is 2.05 bits per heavy atom. The molecule has 0 bridgehead atoms. The van der Waals surface area contributed by atoms with Gasteiger partial charge in [-0.3, -0.25) is 14.0 Å². The van der Waals surface area contributed by atoms with Crippen LogP contribution in [-0.2, 0) is 4.79 Å². The molecule has 3 rings (SSSR count). The second-order valence-electron chi connectivity index (χ2n) is 4.95. The molecule has 7 heteroatoms. The molecule has 0 fully saturated rings. The van der Waals surface area contributed by atoms with Gasteiger partial charge in [0.05, 0.1) is 26.9 Å². The molecular weight excluding hydrogens is 327 g/mol. The van der Waals surface area contributed by atoms with E-state index in [-0.39, 0.29) is 10.6 Å². The Balaban J connectivity index is 2.38. The van der Waals surface area contributed by atoms with Crippen molar-refractivity contribution in [3.05, 3.63) is 56.4 Å². The number of hydrogen-bond donors (Lipinski definition) is 1. The van der Waals surface area contributed by atoms with Gasteiger partial charge < -0.3 is 5.11 Å². The number of hydrogen-bond acceptors (Lipinski definition) is 3. The molecule has 2 aromatic heterocycles. The standard InChI is InChI=1S/C15H10Cl2N2O3/c1-7(15(21)22)8-2-3-12-10(4-8)14(20)19-6-9(16)5-11(17)13(19)18-12/h2-7H,1H3,(H,21,22). The third kappa shape index (κ3) is 2.32. The lowest BCUT2D eigenvalue weighted by molar-refractivity contribution is -0.138. The first-order valence-electron chi connectivity index (χ1n) is 6.42. The fourth-order valence-corrected chi connectivity index (χ4v) is 2.78. The van der Waals surface area contributed by atoms with Crippen molar-refractivity contribution in [1.82, 2.24) is 9.38 Å². The number of pyridine rings is 1. The van der Waals surface area contributed by atoms with Crippen LogP contribution in [0, 0.1) is 0 Å². The molecule has 0 saturated heterocycles. The molecule has 1 aromatic carbocycles. The van der Waals surface area contributed by atoms with E-state index in [0.717, 1.165) is 0 Å². The van der Waals surface area contributed by atoms with Crippen molar-refractivity contribution in [3.63, 3.8) is 0 Å². The first-order chi connectivity index (χ1) is 10.4. The molecule has 0 saturated carbocycles. The minimum absolute atomic E-state index is 0.273. The number of aromatic nitrogens is 2. The average Bonchev–Trinajstić information content (AvgIpc) is 2.47. The van der Waals surface area contributed by atoms with Crippen LogP contribution in [0.15, 0.2) is 35.3 Å². The summed E-state index contributed by atoms with van der Waals surface area (Å²) in [5, 5.41) is 10.00. The molecule has 3 aromatic rings. The molecule has 0 aliphatic rings. The van der Waals surface area contributed by atoms with E-state index in [4.69, 9.17) is 28.3 Å². The number of carbonyl (C=O) groups is 1. The van der Waals surface area contributed by atoms with Gasteiger partial charge in [0.15, 0.2) is 5.65 Å². The van der Waals surface area contributed by atoms with Crippen molar-refractivity contribution in [2.75, 3.05) is 0 Å². The average molecular weight is 337 g/mol. The van der Waals surface area contributed by atoms with E-state index < -0.39 is 11.9 Å². The Bertz CT molecular complexity index is 982. The second-order valence-corrected chi connectivity index (χ2v) is 5.80. The minimum atomic E-state index is -0.959. The summed E-state index contributed by atoms with van der Waals surface area (Å²) in [5.41, 5.74) is 0.953. The largest absolute Gasteiger partial charge is 0.481 e. The molecule has 22 heavy (non-hydrogen) atoms. The number of aliphatic carboxylic acids is 1. The van der Waals surface area contributed by atoms with E-state index in [1.807, 2.05) is 0 Å². The maximum absolute atomic E-state index is 12.6. The lowest BCUT2D eigenvalue weighted by Crippen LogP contribution is -2.16. The van der Waals surface area contributed by atoms with Gasteiger partial charge >= 0.3 is 5.97 Å². The zero-order valence-corrected chi connectivity index (χ0v) is 12.9. The minimum Gasteiger partial charge on any atom is -0.481 e. The van der Waals surface area contributed by atoms with E-state index in [1.54, 1.807) is 25.1 Å². The lowest BCUT2D eigenvalue weighted by Gasteiger charge is -2.09. The predicted molar refractivity (Wildman–Crippen MR) is 85.0 cm³/mol. The Morgan fingerprint density at radius 3 is 2.73 bits per heavy atom. The summed E-state index contributed by atoms with van der Waals surface area (Å²) >= 11 is 12.0. The highest BCUT2D eigenvalue weighted by atomic mass is 35.5. The van der Waals surface area contributed by atoms with Crippen molar-refractivity contribution in [1.29, 1.82) is 0 Å². The number of fused-ring (bicyclic) bond motifs is 2. The van der Waals surface area contributed by atoms with Crippen LogP contribution in [0.1, 0.15) is 18.4 Å². The number of carboxylic acid groups (broad SMARTS) is 1. The maximum Gasteiger partial charge on any atom is 0.310 e. The zero-order valence-electron chi connectivity index (χ0n) is 11.4. The number of rotatable bonds is 2. The van der Waals surface area contributed by atoms with Gasteiger partial charge in [-0.1, -0.05) is 29.3 Å². The fraction of sp³-hybridized carbons (Fsp3) is 0.133. The molecule has 1 unspecified atom stereocenters. The van der Waals surface area contributed by atoms with Gasteiger partial charge in [-0.05, 0) is 30.7 Å². The maximum atomic E-state index is 12.6. The molecule has 1 atom stereocenters. The lowest BCUT2D eigenvalue weighted by atomic mass is 10.00. The quantitative estimate of drug-likeness (QED) is 0.728. The summed E-state index contributed by atoms with van der Waals surface area (Å²) in [5.74, 6) is -1.67. The fourth-order valence-electron chi connectivity index (χ4n) is 2.26. The third-order valence-electron chi connectivity index (χ3n) is 3.53. The summed E-state index contributed by atoms with van der Waals surface area (Å²) in [7, 11) is 0. The summed E-state index contributed by atoms with van der Waals surface area (Å²) in [6.07, 6.45) is 1.44. The molecule has 0 spiro atoms. The van der Waals surface area contributed by atoms with Crippen LogP contribution in [0.5, 0.6) is 0 Å². The predicted octanol–water partition coefficient (Wildman–Crippen LogP) is 3.34. The Kier molecular flexibility index (Phi) is 3.54. The van der Waals surface area contributed by atoms with E-state index in [2.05, 4.69) is 4.98 Å². The Labute approximate surface area is 134 Å². The molecule has 5 nitrogen and oxygen atoms in total. The van der Waals surface area contributed by atoms with Gasteiger partial charge in [0.25, 0.3) is 5.56 Å². The Morgan fingerprint density at radius 1 is 1.32 bits per heavy atom. The van der Waals surface area contributed by atoms with Crippen molar-refractivity contribution < 1.29 is 9.90 Å². The van der Waals surface area contributed by atoms with Gasteiger partial charge in [0.2, 0.25) is 0 Å². The number of carboxylic acids is 1. The summed E-state index contributed by atoms with van der Waals surface area (Å²) in [4.78, 5) is 28.0. The molecule has 112 valence electrons. The first-order valence-corrected chi connectivity index (χ1v) is 7.18. The van der Waals surface area contributed by atoms with Gasteiger partial charge in [0.1, 0.15) is 0 Å². The number of benzene rings is 1. The van der Waals surface area contributed by atoms with Gasteiger partial charge in [0, 0.05) is 6.20 Å². The highest BCUT2D eigenvalue weighted by Gasteiger charge is 2.16. The SMILES string of the molecule is CC(C(=O)O)c1ccc2nc3c(Cl)cc(Cl)cn3c(=O)c2c1. The van der Waals surface area contributed by atoms with E-state index in [1.165, 1.54) is 16.7 Å². The van der Waals surface area contributed by atoms with Crippen LogP contribution >= 0.6 is 23.2 Å². The molecular formula is C15H10Cl2N2O3. The number of halogens is 2. The van der Waals surface area contributed by atoms with Crippen LogP contribution in [0.3, 0.4) is 0 Å². The van der Waals surface area contributed by atoms with Crippen molar-refractivity contribution >= 4 is 45.7 Å². The van der Waals surface area contributed by atoms with Gasteiger partial charge in [-0.2, -0.15) is 0 Å². The van der Waals surface area contributed by atoms with Crippen LogP contribution < -0.4 is 5.56 Å². The number of nitrogens with zero attached hydrogens (tertiary/aromatic N) is 2. The van der Waals surface area contributed by atoms with Crippen LogP contribution in [0.2, 0.25) is 10.0 Å². The van der Waals surface area contributed by atoms with Crippen molar-refractivity contribution in [2.45, 2.75) is 12.8 Å². The normalized spacial score (nSPS) is 12.7. The molecule has 1 N–H and O–H groups in total. The molecule has 0 aliphatic heterocycles. The van der Waals surface area contributed by atoms with E-state index >= 15 is 0 Å².